The highest BCUT2D eigenvalue weighted by atomic mass is 35.5. The molecule has 0 aliphatic rings. The van der Waals surface area contributed by atoms with Gasteiger partial charge in [0.05, 0.1) is 19.3 Å². The van der Waals surface area contributed by atoms with Crippen LogP contribution < -0.4 is 15.4 Å². The molecule has 0 atom stereocenters. The number of benzene rings is 2. The number of nitrogens with one attached hydrogen (secondary N) is 1. The van der Waals surface area contributed by atoms with E-state index < -0.39 is 0 Å². The Hall–Kier alpha value is -2.66. The molecule has 0 fully saturated rings. The number of halogens is 1. The summed E-state index contributed by atoms with van der Waals surface area (Å²) in [6.07, 6.45) is 0. The van der Waals surface area contributed by atoms with E-state index in [0.717, 1.165) is 11.0 Å². The molecule has 3 aromatic rings. The molecule has 0 bridgehead atoms. The number of nitrogens with two attached hydrogens (primary N) is 1. The molecule has 1 heterocycles. The minimum absolute atomic E-state index is 0.116. The van der Waals surface area contributed by atoms with Gasteiger partial charge in [0.1, 0.15) is 17.1 Å². The Morgan fingerprint density at radius 1 is 1.26 bits per heavy atom. The van der Waals surface area contributed by atoms with Gasteiger partial charge in [-0.15, -0.1) is 0 Å². The summed E-state index contributed by atoms with van der Waals surface area (Å²) in [5, 5.41) is 9.59. The largest absolute Gasteiger partial charge is 0.495 e. The van der Waals surface area contributed by atoms with Gasteiger partial charge < -0.3 is 19.8 Å². The normalized spacial score (nSPS) is 11.2. The summed E-state index contributed by atoms with van der Waals surface area (Å²) in [5.74, 6) is 1.62. The molecule has 0 spiro atoms. The lowest BCUT2D eigenvalue weighted by Gasteiger charge is -2.23. The van der Waals surface area contributed by atoms with Gasteiger partial charge in [0, 0.05) is 10.4 Å². The van der Waals surface area contributed by atoms with Crippen LogP contribution in [0.4, 0.5) is 5.69 Å². The lowest BCUT2D eigenvalue weighted by Crippen LogP contribution is -2.36. The lowest BCUT2D eigenvalue weighted by molar-refractivity contribution is 0.415. The molecular weight excluding hydrogens is 362 g/mol. The minimum Gasteiger partial charge on any atom is -0.495 e. The van der Waals surface area contributed by atoms with Gasteiger partial charge in [0.25, 0.3) is 0 Å². The first-order chi connectivity index (χ1) is 12.8. The summed E-state index contributed by atoms with van der Waals surface area (Å²) in [4.78, 5) is 1.61. The highest BCUT2D eigenvalue weighted by Crippen LogP contribution is 2.33. The topological polar surface area (TPSA) is 75.5 Å². The van der Waals surface area contributed by atoms with Gasteiger partial charge in [-0.05, 0) is 60.4 Å². The van der Waals surface area contributed by atoms with Crippen LogP contribution in [-0.2, 0) is 6.54 Å². The Morgan fingerprint density at radius 2 is 2.00 bits per heavy atom. The van der Waals surface area contributed by atoms with E-state index in [9.17, 15) is 0 Å². The average molecular weight is 386 g/mol. The maximum Gasteiger partial charge on any atom is 0.193 e. The van der Waals surface area contributed by atoms with E-state index in [1.165, 1.54) is 11.1 Å². The number of methoxy groups -OCH3 is 1. The van der Waals surface area contributed by atoms with E-state index in [1.807, 2.05) is 6.07 Å². The Kier molecular flexibility index (Phi) is 5.33. The number of ether oxygens (including phenoxy) is 1. The fourth-order valence-electron chi connectivity index (χ4n) is 3.29. The van der Waals surface area contributed by atoms with Crippen LogP contribution in [0.1, 0.15) is 36.7 Å². The van der Waals surface area contributed by atoms with E-state index >= 15 is 0 Å². The number of aryl methyl sites for hydroxylation is 1. The third-order valence-electron chi connectivity index (χ3n) is 4.61. The second-order valence-electron chi connectivity index (χ2n) is 6.90. The summed E-state index contributed by atoms with van der Waals surface area (Å²) in [7, 11) is 1.57. The van der Waals surface area contributed by atoms with E-state index in [0.29, 0.717) is 34.7 Å². The molecule has 5 nitrogen and oxygen atoms in total. The standard InChI is InChI=1S/C21H24ClN3O2/c1-12(2)17-9-14-8-16(27-20(14)7-13(17)3)11-25(21(23)24)18-10-15(22)5-6-19(18)26-4/h5-10,12H,11H2,1-4H3,(H3,23,24). The quantitative estimate of drug-likeness (QED) is 0.453. The van der Waals surface area contributed by atoms with Crippen molar-refractivity contribution >= 4 is 34.2 Å². The molecule has 0 aliphatic carbocycles. The maximum atomic E-state index is 8.00. The highest BCUT2D eigenvalue weighted by Gasteiger charge is 2.18. The zero-order valence-electron chi connectivity index (χ0n) is 16.0. The van der Waals surface area contributed by atoms with Crippen molar-refractivity contribution < 1.29 is 9.15 Å². The molecule has 0 saturated heterocycles. The van der Waals surface area contributed by atoms with Crippen LogP contribution >= 0.6 is 11.6 Å². The average Bonchev–Trinajstić information content (AvgIpc) is 2.99. The maximum absolute atomic E-state index is 8.00. The predicted octanol–water partition coefficient (Wildman–Crippen LogP) is 5.43. The van der Waals surface area contributed by atoms with Crippen molar-refractivity contribution in [3.63, 3.8) is 0 Å². The van der Waals surface area contributed by atoms with Crippen molar-refractivity contribution in [2.24, 2.45) is 5.73 Å². The molecule has 0 aliphatic heterocycles. The zero-order valence-corrected chi connectivity index (χ0v) is 16.7. The molecule has 0 amide bonds. The Labute approximate surface area is 164 Å². The molecule has 0 radical (unpaired) electrons. The molecule has 3 rings (SSSR count). The summed E-state index contributed by atoms with van der Waals surface area (Å²) in [6, 6.07) is 11.4. The number of guanidine groups is 1. The highest BCUT2D eigenvalue weighted by molar-refractivity contribution is 6.31. The Bertz CT molecular complexity index is 995. The SMILES string of the molecule is COc1ccc(Cl)cc1N(Cc1cc2cc(C(C)C)c(C)cc2o1)C(=N)N. The van der Waals surface area contributed by atoms with Crippen LogP contribution in [-0.4, -0.2) is 13.1 Å². The summed E-state index contributed by atoms with van der Waals surface area (Å²) in [6.45, 7) is 6.75. The molecule has 6 heteroatoms. The molecule has 2 aromatic carbocycles. The minimum atomic E-state index is -0.116. The van der Waals surface area contributed by atoms with Crippen molar-refractivity contribution in [1.82, 2.24) is 0 Å². The van der Waals surface area contributed by atoms with Gasteiger partial charge in [-0.25, -0.2) is 0 Å². The van der Waals surface area contributed by atoms with Crippen molar-refractivity contribution in [1.29, 1.82) is 5.41 Å². The van der Waals surface area contributed by atoms with Crippen LogP contribution in [0, 0.1) is 12.3 Å². The fraction of sp³-hybridized carbons (Fsp3) is 0.286. The molecule has 1 aromatic heterocycles. The van der Waals surface area contributed by atoms with Gasteiger partial charge in [-0.2, -0.15) is 0 Å². The number of hydrogen-bond acceptors (Lipinski definition) is 3. The van der Waals surface area contributed by atoms with Gasteiger partial charge >= 0.3 is 0 Å². The summed E-state index contributed by atoms with van der Waals surface area (Å²) < 4.78 is 11.4. The number of hydrogen-bond donors (Lipinski definition) is 2. The van der Waals surface area contributed by atoms with Crippen molar-refractivity contribution in [3.05, 3.63) is 58.3 Å². The molecule has 0 unspecified atom stereocenters. The number of fused-ring (bicyclic) bond motifs is 1. The summed E-state index contributed by atoms with van der Waals surface area (Å²) >= 11 is 6.14. The lowest BCUT2D eigenvalue weighted by atomic mass is 9.97. The van der Waals surface area contributed by atoms with Gasteiger partial charge in [0.15, 0.2) is 5.96 Å². The van der Waals surface area contributed by atoms with Crippen LogP contribution in [0.5, 0.6) is 5.75 Å². The Morgan fingerprint density at radius 3 is 2.63 bits per heavy atom. The monoisotopic (exact) mass is 385 g/mol. The first-order valence-electron chi connectivity index (χ1n) is 8.78. The van der Waals surface area contributed by atoms with Crippen molar-refractivity contribution in [2.45, 2.75) is 33.2 Å². The molecule has 0 saturated carbocycles. The Balaban J connectivity index is 2.01. The first-order valence-corrected chi connectivity index (χ1v) is 9.16. The third kappa shape index (κ3) is 3.88. The smallest absolute Gasteiger partial charge is 0.193 e. The van der Waals surface area contributed by atoms with Crippen LogP contribution in [0.25, 0.3) is 11.0 Å². The predicted molar refractivity (Wildman–Crippen MR) is 111 cm³/mol. The molecule has 3 N–H and O–H groups in total. The van der Waals surface area contributed by atoms with E-state index in [4.69, 9.17) is 31.9 Å². The van der Waals surface area contributed by atoms with Gasteiger partial charge in [-0.1, -0.05) is 25.4 Å². The fourth-order valence-corrected chi connectivity index (χ4v) is 3.46. The van der Waals surface area contributed by atoms with Crippen molar-refractivity contribution in [2.75, 3.05) is 12.0 Å². The molecule has 27 heavy (non-hydrogen) atoms. The third-order valence-corrected chi connectivity index (χ3v) is 4.85. The van der Waals surface area contributed by atoms with Crippen LogP contribution in [0.15, 0.2) is 40.8 Å². The van der Waals surface area contributed by atoms with E-state index in [2.05, 4.69) is 32.9 Å². The summed E-state index contributed by atoms with van der Waals surface area (Å²) in [5.41, 5.74) is 9.80. The van der Waals surface area contributed by atoms with Crippen molar-refractivity contribution in [3.8, 4) is 5.75 Å². The second kappa shape index (κ2) is 7.53. The first kappa shape index (κ1) is 19.1. The zero-order chi connectivity index (χ0) is 19.7. The van der Waals surface area contributed by atoms with E-state index in [-0.39, 0.29) is 5.96 Å². The number of anilines is 1. The second-order valence-corrected chi connectivity index (χ2v) is 7.34. The van der Waals surface area contributed by atoms with Gasteiger partial charge in [-0.3, -0.25) is 5.41 Å². The van der Waals surface area contributed by atoms with Gasteiger partial charge in [0.2, 0.25) is 0 Å². The number of nitrogens with zero attached hydrogens (tertiary/aromatic N) is 1. The molecular formula is C21H24ClN3O2. The van der Waals surface area contributed by atoms with E-state index in [1.54, 1.807) is 30.2 Å². The van der Waals surface area contributed by atoms with Crippen LogP contribution in [0.2, 0.25) is 5.02 Å². The molecule has 142 valence electrons. The van der Waals surface area contributed by atoms with Crippen LogP contribution in [0.3, 0.4) is 0 Å². The number of furan rings is 1. The number of rotatable bonds is 5.